The minimum Gasteiger partial charge on any atom is -0.354 e. The van der Waals surface area contributed by atoms with Crippen LogP contribution in [0.2, 0.25) is 0 Å². The number of guanidine groups is 1. The lowest BCUT2D eigenvalue weighted by Crippen LogP contribution is -2.63. The van der Waals surface area contributed by atoms with Crippen LogP contribution in [0.15, 0.2) is 0 Å². The fraction of sp³-hybridized carbons (Fsp3) is 0.786. The number of amides is 5. The van der Waals surface area contributed by atoms with E-state index in [2.05, 4.69) is 31.9 Å². The Bertz CT molecular complexity index is 1060. The van der Waals surface area contributed by atoms with Crippen molar-refractivity contribution >= 4 is 35.5 Å². The van der Waals surface area contributed by atoms with Gasteiger partial charge in [-0.05, 0) is 44.9 Å². The molecule has 248 valence electrons. The van der Waals surface area contributed by atoms with E-state index in [-0.39, 0.29) is 56.5 Å². The molecule has 44 heavy (non-hydrogen) atoms. The van der Waals surface area contributed by atoms with Gasteiger partial charge in [-0.15, -0.1) is 0 Å². The third-order valence-corrected chi connectivity index (χ3v) is 8.11. The number of hydrazine groups is 1. The van der Waals surface area contributed by atoms with Gasteiger partial charge >= 0.3 is 0 Å². The summed E-state index contributed by atoms with van der Waals surface area (Å²) in [5.41, 5.74) is 0.187. The Hall–Kier alpha value is -3.98. The molecule has 0 aromatic heterocycles. The van der Waals surface area contributed by atoms with Gasteiger partial charge in [0.25, 0.3) is 5.96 Å². The summed E-state index contributed by atoms with van der Waals surface area (Å²) in [4.78, 5) is 77.0. The highest BCUT2D eigenvalue weighted by atomic mass is 16.7. The Morgan fingerprint density at radius 3 is 2.27 bits per heavy atom. The molecule has 2 rings (SSSR count). The number of carbonyl (C=O) groups excluding carboxylic acids is 5. The van der Waals surface area contributed by atoms with Crippen LogP contribution in [0.4, 0.5) is 0 Å². The van der Waals surface area contributed by atoms with Gasteiger partial charge in [-0.25, -0.2) is 10.1 Å². The van der Waals surface area contributed by atoms with Gasteiger partial charge in [0.1, 0.15) is 23.7 Å². The van der Waals surface area contributed by atoms with E-state index in [9.17, 15) is 34.1 Å². The average Bonchev–Trinajstić information content (AvgIpc) is 2.96. The van der Waals surface area contributed by atoms with E-state index in [1.54, 1.807) is 26.2 Å². The summed E-state index contributed by atoms with van der Waals surface area (Å²) in [5, 5.41) is 33.5. The monoisotopic (exact) mass is 623 g/mol. The van der Waals surface area contributed by atoms with Gasteiger partial charge in [0.05, 0.1) is 0 Å². The van der Waals surface area contributed by atoms with E-state index in [0.29, 0.717) is 6.42 Å². The number of nitrogens with zero attached hydrogens (tertiary/aromatic N) is 1. The molecular formula is C28H49N9O7. The maximum Gasteiger partial charge on any atom is 0.251 e. The normalized spacial score (nSPS) is 25.9. The lowest BCUT2D eigenvalue weighted by Gasteiger charge is -2.34. The van der Waals surface area contributed by atoms with Crippen LogP contribution >= 0.6 is 0 Å². The predicted octanol–water partition coefficient (Wildman–Crippen LogP) is -0.0421. The topological polar surface area (TPSA) is 237 Å². The van der Waals surface area contributed by atoms with Crippen molar-refractivity contribution in [2.75, 3.05) is 13.1 Å². The third-order valence-electron chi connectivity index (χ3n) is 8.11. The standard InChI is InChI=1S/C28H49N9O7/c1-5-19-24(40)33-21(16-18-10-7-6-8-11-18)23(39)30-15-13-28(4,35-22(38)17(2)3)26(42)34-20(25(41)32-19)12-9-14-31-27(29)36-37(43)44/h17-21H,5-16H2,1-4H3,(H,30,39)(H,32,41)(H,33,40)(H,34,42)(H,35,38)(H3,29,31,36)/t19-,20-,21+,28+/m0/s1. The zero-order chi connectivity index (χ0) is 32.9. The van der Waals surface area contributed by atoms with Crippen LogP contribution in [0.3, 0.4) is 0 Å². The van der Waals surface area contributed by atoms with Crippen molar-refractivity contribution in [3.63, 3.8) is 0 Å². The molecule has 0 spiro atoms. The maximum atomic E-state index is 13.7. The molecule has 0 bridgehead atoms. The molecular weight excluding hydrogens is 574 g/mol. The highest BCUT2D eigenvalue weighted by Gasteiger charge is 2.39. The number of nitro groups is 1. The van der Waals surface area contributed by atoms with Crippen LogP contribution in [-0.4, -0.2) is 77.3 Å². The first-order chi connectivity index (χ1) is 20.7. The van der Waals surface area contributed by atoms with Crippen LogP contribution in [-0.2, 0) is 24.0 Å². The largest absolute Gasteiger partial charge is 0.354 e. The summed E-state index contributed by atoms with van der Waals surface area (Å²) in [5.74, 6) is -3.26. The summed E-state index contributed by atoms with van der Waals surface area (Å²) < 4.78 is 0. The minimum atomic E-state index is -1.49. The van der Waals surface area contributed by atoms with Gasteiger partial charge in [0, 0.05) is 19.0 Å². The molecule has 16 heteroatoms. The van der Waals surface area contributed by atoms with Gasteiger partial charge in [-0.2, -0.15) is 0 Å². The predicted molar refractivity (Wildman–Crippen MR) is 161 cm³/mol. The second-order valence-electron chi connectivity index (χ2n) is 12.1. The first-order valence-electron chi connectivity index (χ1n) is 15.5. The van der Waals surface area contributed by atoms with Crippen LogP contribution in [0, 0.1) is 27.4 Å². The first-order valence-corrected chi connectivity index (χ1v) is 15.5. The Morgan fingerprint density at radius 1 is 1.02 bits per heavy atom. The second kappa shape index (κ2) is 17.3. The van der Waals surface area contributed by atoms with Gasteiger partial charge in [0.15, 0.2) is 5.03 Å². The van der Waals surface area contributed by atoms with Crippen molar-refractivity contribution in [1.29, 1.82) is 5.41 Å². The van der Waals surface area contributed by atoms with E-state index < -0.39 is 58.3 Å². The van der Waals surface area contributed by atoms with E-state index >= 15 is 0 Å². The van der Waals surface area contributed by atoms with Crippen molar-refractivity contribution in [3.8, 4) is 0 Å². The van der Waals surface area contributed by atoms with Crippen LogP contribution in [0.5, 0.6) is 0 Å². The third kappa shape index (κ3) is 11.6. The van der Waals surface area contributed by atoms with Gasteiger partial charge in [0.2, 0.25) is 29.5 Å². The second-order valence-corrected chi connectivity index (χ2v) is 12.1. The Morgan fingerprint density at radius 2 is 1.66 bits per heavy atom. The molecule has 1 heterocycles. The summed E-state index contributed by atoms with van der Waals surface area (Å²) in [6, 6.07) is -2.93. The summed E-state index contributed by atoms with van der Waals surface area (Å²) in [6.45, 7) is 6.71. The van der Waals surface area contributed by atoms with Crippen LogP contribution < -0.4 is 37.3 Å². The molecule has 2 fully saturated rings. The Balaban J connectivity index is 2.33. The molecule has 1 saturated carbocycles. The van der Waals surface area contributed by atoms with Crippen molar-refractivity contribution in [3.05, 3.63) is 10.1 Å². The lowest BCUT2D eigenvalue weighted by molar-refractivity contribution is -0.525. The molecule has 1 saturated heterocycles. The maximum absolute atomic E-state index is 13.7. The summed E-state index contributed by atoms with van der Waals surface area (Å²) >= 11 is 0. The minimum absolute atomic E-state index is 0.0182. The Labute approximate surface area is 258 Å². The molecule has 0 unspecified atom stereocenters. The highest BCUT2D eigenvalue weighted by molar-refractivity contribution is 5.97. The molecule has 1 aliphatic carbocycles. The van der Waals surface area contributed by atoms with E-state index in [0.717, 1.165) is 32.1 Å². The first kappa shape index (κ1) is 36.2. The fourth-order valence-electron chi connectivity index (χ4n) is 5.33. The van der Waals surface area contributed by atoms with Gasteiger partial charge in [-0.3, -0.25) is 29.4 Å². The molecule has 0 aromatic rings. The van der Waals surface area contributed by atoms with E-state index in [1.165, 1.54) is 6.92 Å². The van der Waals surface area contributed by atoms with Crippen LogP contribution in [0.1, 0.15) is 91.9 Å². The molecule has 0 radical (unpaired) electrons. The molecule has 1 aliphatic heterocycles. The van der Waals surface area contributed by atoms with Crippen molar-refractivity contribution < 1.29 is 29.0 Å². The highest BCUT2D eigenvalue weighted by Crippen LogP contribution is 2.27. The zero-order valence-corrected chi connectivity index (χ0v) is 26.2. The molecule has 16 nitrogen and oxygen atoms in total. The van der Waals surface area contributed by atoms with Gasteiger partial charge < -0.3 is 31.9 Å². The van der Waals surface area contributed by atoms with Crippen molar-refractivity contribution in [2.24, 2.45) is 11.8 Å². The van der Waals surface area contributed by atoms with E-state index in [1.807, 2.05) is 0 Å². The number of rotatable bonds is 10. The smallest absolute Gasteiger partial charge is 0.251 e. The van der Waals surface area contributed by atoms with Crippen molar-refractivity contribution in [1.82, 2.24) is 37.3 Å². The number of nitrogens with one attached hydrogen (secondary N) is 8. The summed E-state index contributed by atoms with van der Waals surface area (Å²) in [6.07, 6.45) is 6.18. The number of hydrogen-bond donors (Lipinski definition) is 8. The average molecular weight is 624 g/mol. The Kier molecular flexibility index (Phi) is 14.3. The van der Waals surface area contributed by atoms with Crippen molar-refractivity contribution in [2.45, 2.75) is 116 Å². The molecule has 8 N–H and O–H groups in total. The lowest BCUT2D eigenvalue weighted by atomic mass is 9.84. The van der Waals surface area contributed by atoms with Crippen LogP contribution in [0.25, 0.3) is 0 Å². The number of carbonyl (C=O) groups is 5. The SMILES string of the molecule is CC[C@@H]1NC(=O)[C@H](CCCNC(=N)N[N+](=O)[O-])NC(=O)[C@](C)(NC(=O)C(C)C)CCNC(=O)[C@@H](CC2CCCCC2)NC1=O. The molecule has 0 aromatic carbocycles. The summed E-state index contributed by atoms with van der Waals surface area (Å²) in [7, 11) is 0. The molecule has 2 aliphatic rings. The number of hydrogen-bond acceptors (Lipinski definition) is 8. The quantitative estimate of drug-likeness (QED) is 0.0535. The molecule has 4 atom stereocenters. The molecule has 5 amide bonds. The zero-order valence-electron chi connectivity index (χ0n) is 26.2. The van der Waals surface area contributed by atoms with Gasteiger partial charge in [-0.1, -0.05) is 58.3 Å². The fourth-order valence-corrected chi connectivity index (χ4v) is 5.33. The van der Waals surface area contributed by atoms with E-state index in [4.69, 9.17) is 5.41 Å².